The largest absolute Gasteiger partial charge is 0.374 e. The van der Waals surface area contributed by atoms with E-state index >= 15 is 0 Å². The Balaban J connectivity index is 1.29. The van der Waals surface area contributed by atoms with Crippen molar-refractivity contribution in [2.45, 2.75) is 50.7 Å². The Labute approximate surface area is 176 Å². The average molecular weight is 407 g/mol. The van der Waals surface area contributed by atoms with Crippen LogP contribution in [0.15, 0.2) is 43.4 Å². The Morgan fingerprint density at radius 1 is 1.30 bits per heavy atom. The molecule has 156 valence electrons. The molecule has 4 aliphatic carbocycles. The first kappa shape index (κ1) is 18.5. The SMILES string of the molecule is C=CCOC1C2CC3CC1CC(C(=O)CC1c4c(F)cccc4-c4cncn41)(C3)C2. The van der Waals surface area contributed by atoms with Gasteiger partial charge < -0.3 is 9.30 Å². The number of carbonyl (C=O) groups is 1. The zero-order chi connectivity index (χ0) is 20.5. The van der Waals surface area contributed by atoms with Crippen LogP contribution in [0.1, 0.15) is 50.1 Å². The van der Waals surface area contributed by atoms with E-state index in [0.29, 0.717) is 42.1 Å². The van der Waals surface area contributed by atoms with Crippen LogP contribution in [0.5, 0.6) is 0 Å². The number of halogens is 1. The molecular formula is C25H27FN2O2. The Bertz CT molecular complexity index is 1010. The lowest BCUT2D eigenvalue weighted by atomic mass is 9.47. The molecule has 3 unspecified atom stereocenters. The Kier molecular flexibility index (Phi) is 4.08. The lowest BCUT2D eigenvalue weighted by Gasteiger charge is -2.59. The molecule has 2 aromatic rings. The van der Waals surface area contributed by atoms with E-state index in [1.165, 1.54) is 18.9 Å². The summed E-state index contributed by atoms with van der Waals surface area (Å²) < 4.78 is 22.9. The van der Waals surface area contributed by atoms with Gasteiger partial charge in [0.2, 0.25) is 0 Å². The van der Waals surface area contributed by atoms with E-state index in [-0.39, 0.29) is 23.4 Å². The third-order valence-electron chi connectivity index (χ3n) is 8.23. The van der Waals surface area contributed by atoms with Crippen LogP contribution in [0.25, 0.3) is 11.3 Å². The van der Waals surface area contributed by atoms with Crippen LogP contribution in [-0.2, 0) is 9.53 Å². The van der Waals surface area contributed by atoms with Gasteiger partial charge in [0.05, 0.1) is 37.0 Å². The second kappa shape index (κ2) is 6.61. The number of nitrogens with zero attached hydrogens (tertiary/aromatic N) is 2. The molecule has 0 N–H and O–H groups in total. The molecule has 1 aromatic carbocycles. The van der Waals surface area contributed by atoms with E-state index in [2.05, 4.69) is 11.6 Å². The fourth-order valence-electron chi connectivity index (χ4n) is 7.36. The topological polar surface area (TPSA) is 44.1 Å². The number of imidazole rings is 1. The van der Waals surface area contributed by atoms with Gasteiger partial charge in [0.15, 0.2) is 0 Å². The number of hydrogen-bond donors (Lipinski definition) is 0. The third-order valence-corrected chi connectivity index (χ3v) is 8.23. The minimum atomic E-state index is -0.285. The van der Waals surface area contributed by atoms with Crippen molar-refractivity contribution in [2.24, 2.45) is 23.2 Å². The van der Waals surface area contributed by atoms with E-state index in [0.717, 1.165) is 30.5 Å². The molecule has 0 saturated heterocycles. The highest BCUT2D eigenvalue weighted by molar-refractivity contribution is 5.87. The van der Waals surface area contributed by atoms with Gasteiger partial charge in [-0.1, -0.05) is 18.2 Å². The molecule has 4 saturated carbocycles. The van der Waals surface area contributed by atoms with Gasteiger partial charge in [0.1, 0.15) is 11.6 Å². The number of ether oxygens (including phenoxy) is 1. The van der Waals surface area contributed by atoms with Crippen LogP contribution in [0.2, 0.25) is 0 Å². The minimum Gasteiger partial charge on any atom is -0.374 e. The van der Waals surface area contributed by atoms with Crippen molar-refractivity contribution in [3.63, 3.8) is 0 Å². The van der Waals surface area contributed by atoms with E-state index < -0.39 is 0 Å². The quantitative estimate of drug-likeness (QED) is 0.638. The molecule has 7 rings (SSSR count). The van der Waals surface area contributed by atoms with E-state index in [4.69, 9.17) is 4.74 Å². The summed E-state index contributed by atoms with van der Waals surface area (Å²) in [6.07, 6.45) is 11.2. The fourth-order valence-corrected chi connectivity index (χ4v) is 7.36. The molecule has 1 aromatic heterocycles. The van der Waals surface area contributed by atoms with Gasteiger partial charge in [-0.05, 0) is 55.9 Å². The predicted octanol–water partition coefficient (Wildman–Crippen LogP) is 4.95. The number of fused-ring (bicyclic) bond motifs is 3. The fraction of sp³-hybridized carbons (Fsp3) is 0.520. The lowest BCUT2D eigenvalue weighted by Crippen LogP contribution is -2.57. The molecule has 0 spiro atoms. The number of hydrogen-bond acceptors (Lipinski definition) is 3. The maximum atomic E-state index is 14.8. The molecule has 4 bridgehead atoms. The molecule has 5 heteroatoms. The number of rotatable bonds is 6. The normalized spacial score (nSPS) is 35.3. The monoisotopic (exact) mass is 406 g/mol. The highest BCUT2D eigenvalue weighted by Crippen LogP contribution is 2.62. The highest BCUT2D eigenvalue weighted by Gasteiger charge is 2.58. The Morgan fingerprint density at radius 2 is 2.10 bits per heavy atom. The predicted molar refractivity (Wildman–Crippen MR) is 111 cm³/mol. The van der Waals surface area contributed by atoms with Gasteiger partial charge in [-0.25, -0.2) is 9.37 Å². The highest BCUT2D eigenvalue weighted by atomic mass is 19.1. The van der Waals surface area contributed by atoms with Crippen LogP contribution in [0, 0.1) is 29.0 Å². The maximum absolute atomic E-state index is 14.8. The second-order valence-electron chi connectivity index (χ2n) is 9.87. The standard InChI is InChI=1S/C25H27FN2O2/c1-2-6-30-24-16-7-15-8-17(24)12-25(10-15,11-16)22(29)9-20-23-18(4-3-5-19(23)26)21-13-27-14-28(20)21/h2-5,13-17,20,24H,1,6-12H2. The number of aromatic nitrogens is 2. The van der Waals surface area contributed by atoms with Gasteiger partial charge in [-0.2, -0.15) is 0 Å². The van der Waals surface area contributed by atoms with Crippen molar-refractivity contribution >= 4 is 5.78 Å². The number of ketones is 1. The van der Waals surface area contributed by atoms with Gasteiger partial charge in [-0.3, -0.25) is 4.79 Å². The Hall–Kier alpha value is -2.27. The van der Waals surface area contributed by atoms with Crippen molar-refractivity contribution in [3.8, 4) is 11.3 Å². The molecule has 4 fully saturated rings. The van der Waals surface area contributed by atoms with E-state index in [1.54, 1.807) is 18.6 Å². The summed E-state index contributed by atoms with van der Waals surface area (Å²) in [6.45, 7) is 4.37. The molecule has 30 heavy (non-hydrogen) atoms. The minimum absolute atomic E-state index is 0.225. The summed E-state index contributed by atoms with van der Waals surface area (Å²) in [7, 11) is 0. The van der Waals surface area contributed by atoms with Crippen LogP contribution < -0.4 is 0 Å². The average Bonchev–Trinajstić information content (AvgIpc) is 3.30. The van der Waals surface area contributed by atoms with Crippen LogP contribution >= 0.6 is 0 Å². The smallest absolute Gasteiger partial charge is 0.141 e. The Morgan fingerprint density at radius 3 is 2.87 bits per heavy atom. The van der Waals surface area contributed by atoms with Crippen molar-refractivity contribution in [2.75, 3.05) is 6.61 Å². The summed E-state index contributed by atoms with van der Waals surface area (Å²) in [4.78, 5) is 18.1. The van der Waals surface area contributed by atoms with Gasteiger partial charge in [-0.15, -0.1) is 6.58 Å². The first-order chi connectivity index (χ1) is 14.6. The van der Waals surface area contributed by atoms with E-state index in [1.807, 2.05) is 16.7 Å². The summed E-state index contributed by atoms with van der Waals surface area (Å²) >= 11 is 0. The second-order valence-corrected chi connectivity index (χ2v) is 9.87. The maximum Gasteiger partial charge on any atom is 0.141 e. The molecule has 5 aliphatic rings. The summed E-state index contributed by atoms with van der Waals surface area (Å²) in [5.74, 6) is 1.65. The van der Waals surface area contributed by atoms with Gasteiger partial charge >= 0.3 is 0 Å². The molecule has 0 radical (unpaired) electrons. The first-order valence-corrected chi connectivity index (χ1v) is 11.2. The van der Waals surface area contributed by atoms with Crippen molar-refractivity contribution in [1.82, 2.24) is 9.55 Å². The first-order valence-electron chi connectivity index (χ1n) is 11.2. The number of carbonyl (C=O) groups excluding carboxylic acids is 1. The molecule has 0 amide bonds. The van der Waals surface area contributed by atoms with Gasteiger partial charge in [0, 0.05) is 23.0 Å². The van der Waals surface area contributed by atoms with Gasteiger partial charge in [0.25, 0.3) is 0 Å². The zero-order valence-electron chi connectivity index (χ0n) is 17.1. The van der Waals surface area contributed by atoms with Crippen LogP contribution in [0.3, 0.4) is 0 Å². The molecule has 1 aliphatic heterocycles. The number of Topliss-reactive ketones (excluding diaryl/α,β-unsaturated/α-hetero) is 1. The number of benzene rings is 1. The summed E-state index contributed by atoms with van der Waals surface area (Å²) in [5, 5.41) is 0. The van der Waals surface area contributed by atoms with Crippen molar-refractivity contribution < 1.29 is 13.9 Å². The molecule has 4 nitrogen and oxygen atoms in total. The van der Waals surface area contributed by atoms with Crippen LogP contribution in [0.4, 0.5) is 4.39 Å². The summed E-state index contributed by atoms with van der Waals surface area (Å²) in [5.41, 5.74) is 2.18. The van der Waals surface area contributed by atoms with Crippen molar-refractivity contribution in [1.29, 1.82) is 0 Å². The van der Waals surface area contributed by atoms with Crippen molar-refractivity contribution in [3.05, 3.63) is 54.8 Å². The molecule has 2 heterocycles. The van der Waals surface area contributed by atoms with Crippen LogP contribution in [-0.4, -0.2) is 28.0 Å². The molecular weight excluding hydrogens is 379 g/mol. The third kappa shape index (κ3) is 2.54. The summed E-state index contributed by atoms with van der Waals surface area (Å²) in [6, 6.07) is 4.88. The zero-order valence-corrected chi connectivity index (χ0v) is 17.1. The molecule has 3 atom stereocenters. The lowest BCUT2D eigenvalue weighted by molar-refractivity contribution is -0.170. The van der Waals surface area contributed by atoms with E-state index in [9.17, 15) is 9.18 Å².